The topological polar surface area (TPSA) is 406 Å². The van der Waals surface area contributed by atoms with Crippen molar-refractivity contribution in [3.05, 3.63) is 179 Å². The SMILES string of the molecule is COC(=O)CCCCCCCCO[C@@H]1O[C@H](COCc2ccccc2)[C@@H](O[C@@H]2O[C@H](COC(C)=O)[C@H](OC(C)=O)[C@H](O[C@]3(C(=O)OCc4ccccc4)C[C@H](OC(C)=O)[C@@H](NC(C)=O)[C@H]([C@H](OC(C)=O)[C@@H](COC(C)=O)OC(C)=O)O3)[C@H]2OC(C)=O)[C@H](O[C@@H]2O[C@@H](C)[C@@H](OCc3ccccc3)[C@@H](OCc3ccccc3)[C@@H]2OCc2ccccc2)[C@H]1NC(C)=O. The zero-order valence-corrected chi connectivity index (χ0v) is 71.6. The van der Waals surface area contributed by atoms with E-state index < -0.39 is 221 Å². The van der Waals surface area contributed by atoms with Gasteiger partial charge in [0.15, 0.2) is 43.3 Å². The number of rotatable bonds is 45. The first kappa shape index (κ1) is 97.6. The average molecular weight is 1740 g/mol. The molecule has 0 aromatic heterocycles. The van der Waals surface area contributed by atoms with Gasteiger partial charge in [-0.25, -0.2) is 4.79 Å². The molecule has 0 bridgehead atoms. The predicted octanol–water partition coefficient (Wildman–Crippen LogP) is 8.25. The van der Waals surface area contributed by atoms with Crippen molar-refractivity contribution >= 4 is 65.5 Å². The Labute approximate surface area is 720 Å². The van der Waals surface area contributed by atoms with Crippen LogP contribution in [0, 0.1) is 0 Å². The number of methoxy groups -OCH3 is 1. The Balaban J connectivity index is 1.27. The summed E-state index contributed by atoms with van der Waals surface area (Å²) < 4.78 is 137. The molecular formula is C90H114N2O32. The summed E-state index contributed by atoms with van der Waals surface area (Å²) >= 11 is 0. The first-order valence-corrected chi connectivity index (χ1v) is 41.3. The molecule has 4 aliphatic rings. The van der Waals surface area contributed by atoms with Crippen LogP contribution in [-0.2, 0) is 185 Å². The fourth-order valence-electron chi connectivity index (χ4n) is 15.0. The number of benzene rings is 5. The third-order valence-electron chi connectivity index (χ3n) is 20.4. The summed E-state index contributed by atoms with van der Waals surface area (Å²) in [6, 6.07) is 42.0. The summed E-state index contributed by atoms with van der Waals surface area (Å²) in [4.78, 5) is 151. The second-order valence-electron chi connectivity index (χ2n) is 30.4. The van der Waals surface area contributed by atoms with E-state index in [4.69, 9.17) is 99.5 Å². The molecule has 34 nitrogen and oxygen atoms in total. The number of carbonyl (C=O) groups excluding carboxylic acids is 11. The van der Waals surface area contributed by atoms with Crippen molar-refractivity contribution in [3.8, 4) is 0 Å². The number of carbonyl (C=O) groups is 11. The van der Waals surface area contributed by atoms with Crippen LogP contribution in [0.1, 0.15) is 148 Å². The number of unbranched alkanes of at least 4 members (excludes halogenated alkanes) is 5. The van der Waals surface area contributed by atoms with Crippen LogP contribution in [0.2, 0.25) is 0 Å². The van der Waals surface area contributed by atoms with Crippen molar-refractivity contribution in [1.82, 2.24) is 10.6 Å². The molecule has 124 heavy (non-hydrogen) atoms. The molecule has 4 saturated heterocycles. The molecule has 0 radical (unpaired) electrons. The summed E-state index contributed by atoms with van der Waals surface area (Å²) in [5.74, 6) is -13.9. The molecule has 9 rings (SSSR count). The highest BCUT2D eigenvalue weighted by molar-refractivity contribution is 5.79. The molecule has 0 unspecified atom stereocenters. The number of esters is 9. The summed E-state index contributed by atoms with van der Waals surface area (Å²) in [5.41, 5.74) is 3.39. The highest BCUT2D eigenvalue weighted by atomic mass is 16.8. The Morgan fingerprint density at radius 2 is 0.887 bits per heavy atom. The van der Waals surface area contributed by atoms with Gasteiger partial charge in [0.2, 0.25) is 11.8 Å². The molecule has 4 fully saturated rings. The summed E-state index contributed by atoms with van der Waals surface area (Å²) in [6.45, 7) is 8.22. The minimum atomic E-state index is -3.25. The lowest BCUT2D eigenvalue weighted by Gasteiger charge is -2.53. The summed E-state index contributed by atoms with van der Waals surface area (Å²) in [7, 11) is 1.34. The molecule has 2 amide bonds. The Morgan fingerprint density at radius 3 is 1.41 bits per heavy atom. The monoisotopic (exact) mass is 1730 g/mol. The molecule has 0 saturated carbocycles. The van der Waals surface area contributed by atoms with E-state index in [1.165, 1.54) is 14.0 Å². The van der Waals surface area contributed by atoms with E-state index in [1.54, 1.807) is 37.3 Å². The Hall–Kier alpha value is -10.2. The fourth-order valence-corrected chi connectivity index (χ4v) is 15.0. The van der Waals surface area contributed by atoms with Gasteiger partial charge in [-0.2, -0.15) is 0 Å². The van der Waals surface area contributed by atoms with Crippen LogP contribution in [0.15, 0.2) is 152 Å². The first-order chi connectivity index (χ1) is 59.6. The number of amides is 2. The van der Waals surface area contributed by atoms with Crippen LogP contribution >= 0.6 is 0 Å². The van der Waals surface area contributed by atoms with Crippen LogP contribution in [0.25, 0.3) is 0 Å². The Kier molecular flexibility index (Phi) is 38.9. The maximum Gasteiger partial charge on any atom is 0.367 e. The molecule has 0 aliphatic carbocycles. The number of nitrogens with one attached hydrogen (secondary N) is 2. The normalized spacial score (nSPS) is 26.5. The number of ether oxygens (including phenoxy) is 21. The molecule has 5 aromatic rings. The molecular weight excluding hydrogens is 1620 g/mol. The van der Waals surface area contributed by atoms with E-state index in [-0.39, 0.29) is 45.4 Å². The summed E-state index contributed by atoms with van der Waals surface area (Å²) in [6.07, 6.45) is -27.8. The lowest BCUT2D eigenvalue weighted by Crippen LogP contribution is -2.72. The van der Waals surface area contributed by atoms with Crippen molar-refractivity contribution in [2.75, 3.05) is 33.5 Å². The number of hydrogen-bond acceptors (Lipinski definition) is 32. The minimum absolute atomic E-state index is 0.0153. The van der Waals surface area contributed by atoms with E-state index in [0.717, 1.165) is 91.3 Å². The molecule has 21 atom stereocenters. The van der Waals surface area contributed by atoms with Crippen LogP contribution < -0.4 is 10.6 Å². The van der Waals surface area contributed by atoms with E-state index >= 15 is 4.79 Å². The van der Waals surface area contributed by atoms with Gasteiger partial charge in [-0.3, -0.25) is 47.9 Å². The number of hydrogen-bond donors (Lipinski definition) is 2. The quantitative estimate of drug-likeness (QED) is 0.0210. The van der Waals surface area contributed by atoms with Gasteiger partial charge >= 0.3 is 53.7 Å². The molecule has 2 N–H and O–H groups in total. The van der Waals surface area contributed by atoms with Gasteiger partial charge in [-0.15, -0.1) is 0 Å². The minimum Gasteiger partial charge on any atom is -0.469 e. The van der Waals surface area contributed by atoms with Gasteiger partial charge in [-0.05, 0) is 47.6 Å². The van der Waals surface area contributed by atoms with Gasteiger partial charge in [-0.1, -0.05) is 177 Å². The van der Waals surface area contributed by atoms with Crippen molar-refractivity contribution in [2.24, 2.45) is 0 Å². The van der Waals surface area contributed by atoms with Crippen LogP contribution in [0.4, 0.5) is 0 Å². The standard InChI is InChI=1S/C90H114N2O32/c1-54-76(109-47-65-35-23-17-24-36-65)82(110-48-66-37-25-18-26-38-66)84(111-49-67-39-27-19-28-40-67)87(113-54)122-80-75(92-56(3)94)86(106-44-32-15-13-12-14-31-43-73(102)104-11)119-70(51-105-46-64-33-21-16-22-34-64)77(80)121-88-85(118-63(10)101)83(79(117-62(9)100)72(120-88)53-108-58(5)96)124-90(89(103)112-50-68-41-29-20-30-42-68)45-69(114-59(6)97)74(91-55(2)93)81(123-90)78(116-61(8)99)71(115-60(7)98)52-107-57(4)95/h16-30,33-42,54,69-72,74-88H,12-15,31-32,43-53H2,1-11H3,(H,91,93)(H,92,94)/t54-,69-,70+,71+,72+,74+,75+,76+,77+,78+,79-,80+,81+,82+,83-,84-,85+,86+,87-,88-,90-/m0/s1. The van der Waals surface area contributed by atoms with E-state index in [2.05, 4.69) is 10.6 Å². The largest absolute Gasteiger partial charge is 0.469 e. The third kappa shape index (κ3) is 30.3. The Bertz CT molecular complexity index is 4210. The molecule has 0 spiro atoms. The zero-order valence-electron chi connectivity index (χ0n) is 71.6. The van der Waals surface area contributed by atoms with E-state index in [0.29, 0.717) is 30.4 Å². The van der Waals surface area contributed by atoms with Gasteiger partial charge in [0, 0.05) is 75.3 Å². The summed E-state index contributed by atoms with van der Waals surface area (Å²) in [5, 5.41) is 5.66. The zero-order chi connectivity index (χ0) is 89.2. The van der Waals surface area contributed by atoms with Gasteiger partial charge < -0.3 is 110 Å². The van der Waals surface area contributed by atoms with Crippen molar-refractivity contribution in [2.45, 2.75) is 282 Å². The maximum absolute atomic E-state index is 16.2. The Morgan fingerprint density at radius 1 is 0.419 bits per heavy atom. The van der Waals surface area contributed by atoms with Gasteiger partial charge in [0.25, 0.3) is 5.79 Å². The van der Waals surface area contributed by atoms with Crippen LogP contribution in [0.3, 0.4) is 0 Å². The second-order valence-corrected chi connectivity index (χ2v) is 30.4. The lowest BCUT2D eigenvalue weighted by atomic mass is 9.87. The molecule has 34 heteroatoms. The predicted molar refractivity (Wildman–Crippen MR) is 432 cm³/mol. The smallest absolute Gasteiger partial charge is 0.367 e. The van der Waals surface area contributed by atoms with E-state index in [9.17, 15) is 47.9 Å². The fraction of sp³-hybridized carbons (Fsp3) is 0.544. The van der Waals surface area contributed by atoms with Crippen molar-refractivity contribution in [1.29, 1.82) is 0 Å². The van der Waals surface area contributed by atoms with Crippen LogP contribution in [-0.4, -0.2) is 227 Å². The van der Waals surface area contributed by atoms with Gasteiger partial charge in [0.05, 0.1) is 58.7 Å². The maximum atomic E-state index is 16.2. The lowest BCUT2D eigenvalue weighted by molar-refractivity contribution is -0.394. The highest BCUT2D eigenvalue weighted by Crippen LogP contribution is 2.44. The van der Waals surface area contributed by atoms with Crippen LogP contribution in [0.5, 0.6) is 0 Å². The van der Waals surface area contributed by atoms with Crippen molar-refractivity contribution in [3.63, 3.8) is 0 Å². The molecule has 4 heterocycles. The highest BCUT2D eigenvalue weighted by Gasteiger charge is 2.65. The molecule has 4 aliphatic heterocycles. The van der Waals surface area contributed by atoms with Gasteiger partial charge in [0.1, 0.15) is 86.9 Å². The molecule has 5 aromatic carbocycles. The second kappa shape index (κ2) is 49.5. The van der Waals surface area contributed by atoms with E-state index in [1.807, 2.05) is 121 Å². The molecule has 676 valence electrons. The first-order valence-electron chi connectivity index (χ1n) is 41.3. The third-order valence-corrected chi connectivity index (χ3v) is 20.4. The average Bonchev–Trinajstić information content (AvgIpc) is 0.796. The van der Waals surface area contributed by atoms with Crippen molar-refractivity contribution < 1.29 is 152 Å².